The third-order valence-corrected chi connectivity index (χ3v) is 5.66. The molecule has 0 N–H and O–H groups in total. The van der Waals surface area contributed by atoms with Crippen molar-refractivity contribution in [3.8, 4) is 0 Å². The number of benzene rings is 1. The SMILES string of the molecule is O=C1c2cccn2C2CN(Cc3ccccn3)CC2N1Cc1ccccc1. The summed E-state index contributed by atoms with van der Waals surface area (Å²) in [4.78, 5) is 22.1. The molecule has 1 amide bonds. The van der Waals surface area contributed by atoms with E-state index in [1.807, 2.05) is 48.7 Å². The molecule has 5 heteroatoms. The topological polar surface area (TPSA) is 41.4 Å². The van der Waals surface area contributed by atoms with Crippen molar-refractivity contribution in [2.24, 2.45) is 0 Å². The van der Waals surface area contributed by atoms with Crippen molar-refractivity contribution in [1.29, 1.82) is 0 Å². The molecule has 4 heterocycles. The lowest BCUT2D eigenvalue weighted by molar-refractivity contribution is 0.0556. The number of pyridine rings is 1. The third kappa shape index (κ3) is 2.94. The van der Waals surface area contributed by atoms with E-state index < -0.39 is 0 Å². The van der Waals surface area contributed by atoms with E-state index in [0.29, 0.717) is 12.6 Å². The van der Waals surface area contributed by atoms with Gasteiger partial charge >= 0.3 is 0 Å². The molecule has 136 valence electrons. The van der Waals surface area contributed by atoms with Gasteiger partial charge < -0.3 is 9.47 Å². The number of carbonyl (C=O) groups excluding carboxylic acids is 1. The molecule has 5 rings (SSSR count). The van der Waals surface area contributed by atoms with E-state index in [2.05, 4.69) is 43.7 Å². The van der Waals surface area contributed by atoms with Gasteiger partial charge in [-0.15, -0.1) is 0 Å². The Morgan fingerprint density at radius 3 is 2.52 bits per heavy atom. The molecule has 2 aliphatic rings. The van der Waals surface area contributed by atoms with E-state index in [0.717, 1.165) is 31.0 Å². The summed E-state index contributed by atoms with van der Waals surface area (Å²) >= 11 is 0. The lowest BCUT2D eigenvalue weighted by Crippen LogP contribution is -2.49. The average molecular weight is 358 g/mol. The summed E-state index contributed by atoms with van der Waals surface area (Å²) < 4.78 is 2.17. The van der Waals surface area contributed by atoms with Crippen LogP contribution in [-0.2, 0) is 13.1 Å². The normalized spacial score (nSPS) is 21.9. The van der Waals surface area contributed by atoms with Gasteiger partial charge in [-0.2, -0.15) is 0 Å². The monoisotopic (exact) mass is 358 g/mol. The number of fused-ring (bicyclic) bond motifs is 3. The van der Waals surface area contributed by atoms with Crippen LogP contribution in [0, 0.1) is 0 Å². The number of aromatic nitrogens is 2. The van der Waals surface area contributed by atoms with Crippen LogP contribution < -0.4 is 0 Å². The molecule has 2 aliphatic heterocycles. The maximum absolute atomic E-state index is 13.2. The highest BCUT2D eigenvalue weighted by molar-refractivity contribution is 5.94. The quantitative estimate of drug-likeness (QED) is 0.720. The Hall–Kier alpha value is -2.92. The molecule has 27 heavy (non-hydrogen) atoms. The van der Waals surface area contributed by atoms with Crippen LogP contribution in [0.3, 0.4) is 0 Å². The zero-order valence-corrected chi connectivity index (χ0v) is 15.1. The molecule has 2 aromatic heterocycles. The summed E-state index contributed by atoms with van der Waals surface area (Å²) in [5.41, 5.74) is 3.05. The van der Waals surface area contributed by atoms with Gasteiger partial charge in [-0.25, -0.2) is 0 Å². The number of hydrogen-bond donors (Lipinski definition) is 0. The highest BCUT2D eigenvalue weighted by Crippen LogP contribution is 2.35. The lowest BCUT2D eigenvalue weighted by Gasteiger charge is -2.38. The maximum Gasteiger partial charge on any atom is 0.271 e. The first-order valence-electron chi connectivity index (χ1n) is 9.43. The summed E-state index contributed by atoms with van der Waals surface area (Å²) in [5, 5.41) is 0. The summed E-state index contributed by atoms with van der Waals surface area (Å²) in [6.07, 6.45) is 3.89. The summed E-state index contributed by atoms with van der Waals surface area (Å²) in [7, 11) is 0. The molecule has 5 nitrogen and oxygen atoms in total. The van der Waals surface area contributed by atoms with Crippen molar-refractivity contribution in [2.45, 2.75) is 25.2 Å². The molecule has 0 aliphatic carbocycles. The number of rotatable bonds is 4. The molecule has 0 radical (unpaired) electrons. The minimum Gasteiger partial charge on any atom is -0.337 e. The second kappa shape index (κ2) is 6.67. The first kappa shape index (κ1) is 16.3. The molecule has 3 aromatic rings. The van der Waals surface area contributed by atoms with Gasteiger partial charge in [0.15, 0.2) is 0 Å². The van der Waals surface area contributed by atoms with Gasteiger partial charge in [0.05, 0.1) is 17.8 Å². The van der Waals surface area contributed by atoms with Crippen molar-refractivity contribution in [2.75, 3.05) is 13.1 Å². The second-order valence-electron chi connectivity index (χ2n) is 7.37. The van der Waals surface area contributed by atoms with Crippen LogP contribution in [0.4, 0.5) is 0 Å². The van der Waals surface area contributed by atoms with E-state index in [9.17, 15) is 4.79 Å². The average Bonchev–Trinajstić information content (AvgIpc) is 3.34. The van der Waals surface area contributed by atoms with E-state index in [4.69, 9.17) is 0 Å². The van der Waals surface area contributed by atoms with Gasteiger partial charge in [-0.05, 0) is 29.8 Å². The van der Waals surface area contributed by atoms with Crippen LogP contribution in [0.1, 0.15) is 27.8 Å². The van der Waals surface area contributed by atoms with Crippen LogP contribution >= 0.6 is 0 Å². The lowest BCUT2D eigenvalue weighted by atomic mass is 10.0. The predicted molar refractivity (Wildman–Crippen MR) is 103 cm³/mol. The van der Waals surface area contributed by atoms with Crippen LogP contribution in [0.25, 0.3) is 0 Å². The molecule has 1 saturated heterocycles. The molecule has 2 atom stereocenters. The summed E-state index contributed by atoms with van der Waals surface area (Å²) in [6, 6.07) is 20.7. The Labute approximate surface area is 158 Å². The maximum atomic E-state index is 13.2. The Morgan fingerprint density at radius 2 is 1.70 bits per heavy atom. The van der Waals surface area contributed by atoms with Crippen LogP contribution in [-0.4, -0.2) is 44.4 Å². The van der Waals surface area contributed by atoms with Crippen molar-refractivity contribution >= 4 is 5.91 Å². The van der Waals surface area contributed by atoms with Gasteiger partial charge in [0.25, 0.3) is 5.91 Å². The third-order valence-electron chi connectivity index (χ3n) is 5.66. The van der Waals surface area contributed by atoms with E-state index in [-0.39, 0.29) is 11.9 Å². The van der Waals surface area contributed by atoms with Crippen LogP contribution in [0.2, 0.25) is 0 Å². The van der Waals surface area contributed by atoms with Crippen molar-refractivity contribution in [3.63, 3.8) is 0 Å². The second-order valence-corrected chi connectivity index (χ2v) is 7.37. The molecule has 0 bridgehead atoms. The molecule has 1 aromatic carbocycles. The molecule has 2 unspecified atom stereocenters. The smallest absolute Gasteiger partial charge is 0.271 e. The highest BCUT2D eigenvalue weighted by Gasteiger charge is 2.44. The van der Waals surface area contributed by atoms with Gasteiger partial charge in [0.1, 0.15) is 5.69 Å². The van der Waals surface area contributed by atoms with Gasteiger partial charge in [0, 0.05) is 38.6 Å². The van der Waals surface area contributed by atoms with Crippen molar-refractivity contribution < 1.29 is 4.79 Å². The predicted octanol–water partition coefficient (Wildman–Crippen LogP) is 2.96. The number of likely N-dealkylation sites (tertiary alicyclic amines) is 1. The Balaban J connectivity index is 1.44. The highest BCUT2D eigenvalue weighted by atomic mass is 16.2. The van der Waals surface area contributed by atoms with Crippen molar-refractivity contribution in [1.82, 2.24) is 19.4 Å². The van der Waals surface area contributed by atoms with Gasteiger partial charge in [-0.3, -0.25) is 14.7 Å². The molecule has 1 fully saturated rings. The van der Waals surface area contributed by atoms with Crippen LogP contribution in [0.5, 0.6) is 0 Å². The first-order valence-corrected chi connectivity index (χ1v) is 9.43. The molecule has 0 saturated carbocycles. The van der Waals surface area contributed by atoms with E-state index in [1.54, 1.807) is 0 Å². The first-order chi connectivity index (χ1) is 13.3. The Morgan fingerprint density at radius 1 is 0.889 bits per heavy atom. The number of nitrogens with zero attached hydrogens (tertiary/aromatic N) is 4. The Kier molecular flexibility index (Phi) is 4.02. The van der Waals surface area contributed by atoms with Gasteiger partial charge in [-0.1, -0.05) is 36.4 Å². The zero-order chi connectivity index (χ0) is 18.2. The largest absolute Gasteiger partial charge is 0.337 e. The summed E-state index contributed by atoms with van der Waals surface area (Å²) in [5.74, 6) is 0.129. The van der Waals surface area contributed by atoms with Crippen molar-refractivity contribution in [3.05, 3.63) is 90.0 Å². The summed E-state index contributed by atoms with van der Waals surface area (Å²) in [6.45, 7) is 3.28. The Bertz CT molecular complexity index is 937. The van der Waals surface area contributed by atoms with E-state index >= 15 is 0 Å². The van der Waals surface area contributed by atoms with Gasteiger partial charge in [0.2, 0.25) is 0 Å². The molecular weight excluding hydrogens is 336 g/mol. The number of carbonyl (C=O) groups is 1. The van der Waals surface area contributed by atoms with Crippen LogP contribution in [0.15, 0.2) is 73.1 Å². The number of amides is 1. The minimum atomic E-state index is 0.129. The fourth-order valence-electron chi connectivity index (χ4n) is 4.41. The molecule has 0 spiro atoms. The fourth-order valence-corrected chi connectivity index (χ4v) is 4.41. The van der Waals surface area contributed by atoms with E-state index in [1.165, 1.54) is 5.56 Å². The fraction of sp³-hybridized carbons (Fsp3) is 0.273. The zero-order valence-electron chi connectivity index (χ0n) is 15.1. The standard InChI is InChI=1S/C22H22N4O/c27-22-19-10-6-12-25(19)20-15-24(14-18-9-4-5-11-23-18)16-21(20)26(22)13-17-7-2-1-3-8-17/h1-12,20-21H,13-16H2. The minimum absolute atomic E-state index is 0.129. The number of hydrogen-bond acceptors (Lipinski definition) is 3. The molecular formula is C22H22N4O.